The van der Waals surface area contributed by atoms with Gasteiger partial charge in [0.15, 0.2) is 0 Å². The number of thiophene rings is 1. The minimum Gasteiger partial charge on any atom is -0.326 e. The number of rotatable bonds is 4. The molecule has 2 heterocycles. The Kier molecular flexibility index (Phi) is 5.33. The summed E-state index contributed by atoms with van der Waals surface area (Å²) in [6.45, 7) is 11.6. The molecule has 20 heavy (non-hydrogen) atoms. The minimum absolute atomic E-state index is 0.222. The lowest BCUT2D eigenvalue weighted by atomic mass is 9.80. The van der Waals surface area contributed by atoms with Crippen LogP contribution in [-0.4, -0.2) is 24.0 Å². The van der Waals surface area contributed by atoms with Crippen LogP contribution in [-0.2, 0) is 0 Å². The average molecular weight is 359 g/mol. The van der Waals surface area contributed by atoms with Crippen molar-refractivity contribution in [1.82, 2.24) is 4.90 Å². The molecular formula is C16H27BrN2S. The van der Waals surface area contributed by atoms with E-state index in [1.54, 1.807) is 0 Å². The Bertz CT molecular complexity index is 438. The van der Waals surface area contributed by atoms with Gasteiger partial charge < -0.3 is 5.73 Å². The number of hydrogen-bond donors (Lipinski definition) is 1. The van der Waals surface area contributed by atoms with Crippen LogP contribution in [0.25, 0.3) is 0 Å². The van der Waals surface area contributed by atoms with E-state index in [9.17, 15) is 0 Å². The Hall–Kier alpha value is 0.1000. The molecular weight excluding hydrogens is 332 g/mol. The van der Waals surface area contributed by atoms with Crippen molar-refractivity contribution in [2.24, 2.45) is 17.1 Å². The van der Waals surface area contributed by atoms with Crippen LogP contribution in [0, 0.1) is 11.3 Å². The van der Waals surface area contributed by atoms with E-state index in [0.29, 0.717) is 11.5 Å². The van der Waals surface area contributed by atoms with Gasteiger partial charge in [-0.2, -0.15) is 0 Å². The van der Waals surface area contributed by atoms with Crippen molar-refractivity contribution >= 4 is 27.3 Å². The summed E-state index contributed by atoms with van der Waals surface area (Å²) in [5.41, 5.74) is 6.84. The number of nitrogens with zero attached hydrogens (tertiary/aromatic N) is 1. The van der Waals surface area contributed by atoms with Crippen molar-refractivity contribution < 1.29 is 0 Å². The van der Waals surface area contributed by atoms with Crippen molar-refractivity contribution in [2.75, 3.05) is 13.1 Å². The molecule has 0 aromatic carbocycles. The van der Waals surface area contributed by atoms with Crippen molar-refractivity contribution in [3.63, 3.8) is 0 Å². The van der Waals surface area contributed by atoms with E-state index in [-0.39, 0.29) is 6.04 Å². The molecule has 1 fully saturated rings. The van der Waals surface area contributed by atoms with Crippen LogP contribution >= 0.6 is 27.3 Å². The van der Waals surface area contributed by atoms with Crippen LogP contribution in [0.1, 0.15) is 51.5 Å². The van der Waals surface area contributed by atoms with Crippen LogP contribution in [0.2, 0.25) is 0 Å². The summed E-state index contributed by atoms with van der Waals surface area (Å²) in [6.07, 6.45) is 2.32. The zero-order valence-corrected chi connectivity index (χ0v) is 15.4. The first kappa shape index (κ1) is 16.5. The fourth-order valence-corrected chi connectivity index (χ4v) is 4.77. The van der Waals surface area contributed by atoms with Crippen molar-refractivity contribution in [2.45, 2.75) is 52.6 Å². The maximum Gasteiger partial charge on any atom is 0.0593 e. The summed E-state index contributed by atoms with van der Waals surface area (Å²) in [6, 6.07) is 2.85. The van der Waals surface area contributed by atoms with E-state index in [2.05, 4.69) is 60.0 Å². The van der Waals surface area contributed by atoms with E-state index in [4.69, 9.17) is 5.73 Å². The van der Waals surface area contributed by atoms with E-state index in [1.165, 1.54) is 28.9 Å². The third kappa shape index (κ3) is 3.65. The Morgan fingerprint density at radius 1 is 1.50 bits per heavy atom. The molecule has 1 saturated heterocycles. The first-order valence-electron chi connectivity index (χ1n) is 7.56. The fraction of sp³-hybridized carbons (Fsp3) is 0.750. The lowest BCUT2D eigenvalue weighted by molar-refractivity contribution is 0.177. The molecule has 0 amide bonds. The summed E-state index contributed by atoms with van der Waals surface area (Å²) in [5, 5.41) is 2.17. The zero-order chi connectivity index (χ0) is 14.9. The van der Waals surface area contributed by atoms with Crippen LogP contribution in [0.15, 0.2) is 15.9 Å². The molecule has 114 valence electrons. The second kappa shape index (κ2) is 6.47. The molecule has 1 aliphatic heterocycles. The molecule has 1 aromatic heterocycles. The van der Waals surface area contributed by atoms with Gasteiger partial charge in [0.05, 0.1) is 6.04 Å². The van der Waals surface area contributed by atoms with Gasteiger partial charge in [0.25, 0.3) is 0 Å². The Morgan fingerprint density at radius 2 is 2.20 bits per heavy atom. The lowest BCUT2D eigenvalue weighted by Crippen LogP contribution is -2.40. The number of likely N-dealkylation sites (tertiary alicyclic amines) is 1. The Morgan fingerprint density at radius 3 is 2.65 bits per heavy atom. The second-order valence-corrected chi connectivity index (χ2v) is 8.89. The highest BCUT2D eigenvalue weighted by Gasteiger charge is 2.37. The van der Waals surface area contributed by atoms with Gasteiger partial charge in [0, 0.05) is 27.3 Å². The minimum atomic E-state index is 0.222. The maximum atomic E-state index is 6.44. The van der Waals surface area contributed by atoms with E-state index >= 15 is 0 Å². The molecule has 2 N–H and O–H groups in total. The third-order valence-electron chi connectivity index (χ3n) is 4.59. The second-order valence-electron chi connectivity index (χ2n) is 7.03. The molecule has 3 unspecified atom stereocenters. The lowest BCUT2D eigenvalue weighted by Gasteiger charge is -2.33. The SMILES string of the molecule is CCC(N)C(c1cc(Br)cs1)N1CCC(C(C)(C)C)C1. The van der Waals surface area contributed by atoms with Gasteiger partial charge in [0.1, 0.15) is 0 Å². The average Bonchev–Trinajstić information content (AvgIpc) is 2.98. The van der Waals surface area contributed by atoms with Crippen molar-refractivity contribution in [3.8, 4) is 0 Å². The molecule has 0 bridgehead atoms. The van der Waals surface area contributed by atoms with Gasteiger partial charge >= 0.3 is 0 Å². The summed E-state index contributed by atoms with van der Waals surface area (Å²) in [7, 11) is 0. The summed E-state index contributed by atoms with van der Waals surface area (Å²) >= 11 is 5.40. The standard InChI is InChI=1S/C16H27BrN2S/c1-5-13(18)15(14-8-12(17)10-20-14)19-7-6-11(9-19)16(2,3)4/h8,10-11,13,15H,5-7,9,18H2,1-4H3. The maximum absolute atomic E-state index is 6.44. The van der Waals surface area contributed by atoms with E-state index in [0.717, 1.165) is 12.3 Å². The smallest absolute Gasteiger partial charge is 0.0593 e. The van der Waals surface area contributed by atoms with Gasteiger partial charge in [-0.3, -0.25) is 4.90 Å². The Labute approximate surface area is 135 Å². The third-order valence-corrected chi connectivity index (χ3v) is 6.36. The van der Waals surface area contributed by atoms with Crippen molar-refractivity contribution in [3.05, 3.63) is 20.8 Å². The van der Waals surface area contributed by atoms with Gasteiger partial charge in [-0.15, -0.1) is 11.3 Å². The molecule has 1 aromatic rings. The van der Waals surface area contributed by atoms with Crippen LogP contribution in [0.5, 0.6) is 0 Å². The monoisotopic (exact) mass is 358 g/mol. The summed E-state index contributed by atoms with van der Waals surface area (Å²) < 4.78 is 1.18. The molecule has 4 heteroatoms. The molecule has 3 atom stereocenters. The highest BCUT2D eigenvalue weighted by molar-refractivity contribution is 9.10. The molecule has 0 aliphatic carbocycles. The number of nitrogens with two attached hydrogens (primary N) is 1. The predicted octanol–water partition coefficient (Wildman–Crippen LogP) is 4.66. The molecule has 0 spiro atoms. The summed E-state index contributed by atoms with van der Waals surface area (Å²) in [4.78, 5) is 4.02. The molecule has 1 aliphatic rings. The highest BCUT2D eigenvalue weighted by atomic mass is 79.9. The largest absolute Gasteiger partial charge is 0.326 e. The van der Waals surface area contributed by atoms with E-state index in [1.807, 2.05) is 11.3 Å². The zero-order valence-electron chi connectivity index (χ0n) is 13.0. The van der Waals surface area contributed by atoms with E-state index < -0.39 is 0 Å². The van der Waals surface area contributed by atoms with Gasteiger partial charge in [0.2, 0.25) is 0 Å². The quantitative estimate of drug-likeness (QED) is 0.847. The van der Waals surface area contributed by atoms with Crippen LogP contribution in [0.4, 0.5) is 0 Å². The fourth-order valence-electron chi connectivity index (χ4n) is 3.12. The highest BCUT2D eigenvalue weighted by Crippen LogP contribution is 2.40. The molecule has 2 nitrogen and oxygen atoms in total. The van der Waals surface area contributed by atoms with Crippen molar-refractivity contribution in [1.29, 1.82) is 0 Å². The van der Waals surface area contributed by atoms with Gasteiger partial charge in [-0.05, 0) is 52.7 Å². The molecule has 0 radical (unpaired) electrons. The van der Waals surface area contributed by atoms with Crippen LogP contribution in [0.3, 0.4) is 0 Å². The van der Waals surface area contributed by atoms with Gasteiger partial charge in [-0.25, -0.2) is 0 Å². The molecule has 0 saturated carbocycles. The molecule has 2 rings (SSSR count). The topological polar surface area (TPSA) is 29.3 Å². The number of halogens is 1. The number of hydrogen-bond acceptors (Lipinski definition) is 3. The Balaban J connectivity index is 2.17. The van der Waals surface area contributed by atoms with Crippen LogP contribution < -0.4 is 5.73 Å². The normalized spacial score (nSPS) is 24.0. The summed E-state index contributed by atoms with van der Waals surface area (Å²) in [5.74, 6) is 0.775. The first-order valence-corrected chi connectivity index (χ1v) is 9.23. The van der Waals surface area contributed by atoms with Gasteiger partial charge in [-0.1, -0.05) is 27.7 Å². The predicted molar refractivity (Wildman–Crippen MR) is 92.2 cm³/mol. The first-order chi connectivity index (χ1) is 9.32.